The Labute approximate surface area is 105 Å². The van der Waals surface area contributed by atoms with Crippen LogP contribution in [0.4, 0.5) is 0 Å². The number of amides is 1. The number of carboxylic acids is 1. The lowest BCUT2D eigenvalue weighted by atomic mass is 10.2. The summed E-state index contributed by atoms with van der Waals surface area (Å²) in [6.45, 7) is -0.461. The molecule has 0 fully saturated rings. The van der Waals surface area contributed by atoms with Gasteiger partial charge in [-0.25, -0.2) is 4.79 Å². The van der Waals surface area contributed by atoms with Gasteiger partial charge in [0.15, 0.2) is 18.1 Å². The summed E-state index contributed by atoms with van der Waals surface area (Å²) in [5, 5.41) is 8.53. The molecule has 0 aliphatic rings. The highest BCUT2D eigenvalue weighted by molar-refractivity contribution is 5.94. The molecule has 98 valence electrons. The first kappa shape index (κ1) is 13.8. The zero-order valence-corrected chi connectivity index (χ0v) is 10.5. The highest BCUT2D eigenvalue weighted by atomic mass is 16.5. The summed E-state index contributed by atoms with van der Waals surface area (Å²) in [4.78, 5) is 23.6. The van der Waals surface area contributed by atoms with Crippen molar-refractivity contribution in [1.82, 2.24) is 4.90 Å². The van der Waals surface area contributed by atoms with Gasteiger partial charge >= 0.3 is 5.97 Å². The summed E-state index contributed by atoms with van der Waals surface area (Å²) in [5.41, 5.74) is 0.444. The molecular weight excluding hydrogens is 238 g/mol. The Hall–Kier alpha value is -2.24. The quantitative estimate of drug-likeness (QED) is 0.842. The van der Waals surface area contributed by atoms with Crippen molar-refractivity contribution >= 4 is 11.9 Å². The van der Waals surface area contributed by atoms with E-state index >= 15 is 0 Å². The lowest BCUT2D eigenvalue weighted by Gasteiger charge is -2.13. The van der Waals surface area contributed by atoms with Gasteiger partial charge in [0, 0.05) is 19.7 Å². The Morgan fingerprint density at radius 3 is 2.44 bits per heavy atom. The third-order valence-electron chi connectivity index (χ3n) is 2.17. The van der Waals surface area contributed by atoms with E-state index in [-0.39, 0.29) is 11.7 Å². The Morgan fingerprint density at radius 2 is 1.94 bits per heavy atom. The maximum Gasteiger partial charge on any atom is 0.341 e. The van der Waals surface area contributed by atoms with E-state index in [4.69, 9.17) is 14.6 Å². The van der Waals surface area contributed by atoms with Crippen molar-refractivity contribution in [1.29, 1.82) is 0 Å². The van der Waals surface area contributed by atoms with Gasteiger partial charge in [-0.3, -0.25) is 4.79 Å². The number of carboxylic acid groups (broad SMARTS) is 1. The molecule has 18 heavy (non-hydrogen) atoms. The molecule has 1 aromatic rings. The highest BCUT2D eigenvalue weighted by Gasteiger charge is 2.13. The van der Waals surface area contributed by atoms with Gasteiger partial charge in [-0.2, -0.15) is 0 Å². The second-order valence-corrected chi connectivity index (χ2v) is 3.75. The Kier molecular flexibility index (Phi) is 4.53. The topological polar surface area (TPSA) is 76.1 Å². The van der Waals surface area contributed by atoms with E-state index in [2.05, 4.69) is 0 Å². The van der Waals surface area contributed by atoms with E-state index in [0.29, 0.717) is 11.3 Å². The molecule has 0 aromatic heterocycles. The third kappa shape index (κ3) is 3.38. The SMILES string of the molecule is COc1cc(C(=O)N(C)C)ccc1OCC(=O)O. The second kappa shape index (κ2) is 5.90. The van der Waals surface area contributed by atoms with Gasteiger partial charge in [-0.05, 0) is 18.2 Å². The van der Waals surface area contributed by atoms with Crippen molar-refractivity contribution in [3.05, 3.63) is 23.8 Å². The predicted octanol–water partition coefficient (Wildman–Crippen LogP) is 0.860. The van der Waals surface area contributed by atoms with Crippen LogP contribution >= 0.6 is 0 Å². The van der Waals surface area contributed by atoms with Gasteiger partial charge in [-0.1, -0.05) is 0 Å². The van der Waals surface area contributed by atoms with Crippen molar-refractivity contribution in [2.75, 3.05) is 27.8 Å². The molecule has 1 aromatic carbocycles. The lowest BCUT2D eigenvalue weighted by Crippen LogP contribution is -2.21. The number of methoxy groups -OCH3 is 1. The van der Waals surface area contributed by atoms with Crippen LogP contribution in [0, 0.1) is 0 Å². The maximum atomic E-state index is 11.7. The van der Waals surface area contributed by atoms with Crippen LogP contribution in [-0.4, -0.2) is 49.7 Å². The van der Waals surface area contributed by atoms with Crippen molar-refractivity contribution in [3.8, 4) is 11.5 Å². The average molecular weight is 253 g/mol. The van der Waals surface area contributed by atoms with Gasteiger partial charge in [0.25, 0.3) is 5.91 Å². The number of aliphatic carboxylic acids is 1. The number of nitrogens with zero attached hydrogens (tertiary/aromatic N) is 1. The minimum atomic E-state index is -1.08. The summed E-state index contributed by atoms with van der Waals surface area (Å²) in [6, 6.07) is 4.58. The monoisotopic (exact) mass is 253 g/mol. The molecule has 1 rings (SSSR count). The molecule has 0 aliphatic heterocycles. The minimum absolute atomic E-state index is 0.168. The first-order valence-electron chi connectivity index (χ1n) is 5.20. The molecule has 0 radical (unpaired) electrons. The van der Waals surface area contributed by atoms with Crippen LogP contribution in [0.15, 0.2) is 18.2 Å². The van der Waals surface area contributed by atoms with Gasteiger partial charge < -0.3 is 19.5 Å². The number of hydrogen-bond donors (Lipinski definition) is 1. The zero-order valence-electron chi connectivity index (χ0n) is 10.5. The average Bonchev–Trinajstić information content (AvgIpc) is 2.34. The van der Waals surface area contributed by atoms with Gasteiger partial charge in [-0.15, -0.1) is 0 Å². The number of carbonyl (C=O) groups is 2. The highest BCUT2D eigenvalue weighted by Crippen LogP contribution is 2.28. The number of ether oxygens (including phenoxy) is 2. The minimum Gasteiger partial charge on any atom is -0.493 e. The first-order valence-corrected chi connectivity index (χ1v) is 5.20. The van der Waals surface area contributed by atoms with Crippen molar-refractivity contribution in [3.63, 3.8) is 0 Å². The van der Waals surface area contributed by atoms with E-state index < -0.39 is 12.6 Å². The van der Waals surface area contributed by atoms with E-state index in [9.17, 15) is 9.59 Å². The fourth-order valence-electron chi connectivity index (χ4n) is 1.32. The molecule has 0 aliphatic carbocycles. The van der Waals surface area contributed by atoms with Crippen LogP contribution in [0.25, 0.3) is 0 Å². The van der Waals surface area contributed by atoms with Crippen LogP contribution in [0.1, 0.15) is 10.4 Å². The smallest absolute Gasteiger partial charge is 0.341 e. The predicted molar refractivity (Wildman–Crippen MR) is 64.1 cm³/mol. The summed E-state index contributed by atoms with van der Waals surface area (Å²) in [5.74, 6) is -0.636. The molecule has 0 spiro atoms. The molecular formula is C12H15NO5. The molecule has 1 amide bonds. The fraction of sp³-hybridized carbons (Fsp3) is 0.333. The second-order valence-electron chi connectivity index (χ2n) is 3.75. The van der Waals surface area contributed by atoms with Gasteiger partial charge in [0.2, 0.25) is 0 Å². The molecule has 0 atom stereocenters. The number of benzene rings is 1. The lowest BCUT2D eigenvalue weighted by molar-refractivity contribution is -0.139. The summed E-state index contributed by atoms with van der Waals surface area (Å²) in [7, 11) is 4.71. The molecule has 1 N–H and O–H groups in total. The zero-order chi connectivity index (χ0) is 13.7. The maximum absolute atomic E-state index is 11.7. The third-order valence-corrected chi connectivity index (χ3v) is 2.17. The Bertz CT molecular complexity index is 456. The molecule has 0 saturated heterocycles. The molecule has 0 bridgehead atoms. The summed E-state index contributed by atoms with van der Waals surface area (Å²) >= 11 is 0. The van der Waals surface area contributed by atoms with E-state index in [0.717, 1.165) is 0 Å². The van der Waals surface area contributed by atoms with Crippen molar-refractivity contribution < 1.29 is 24.2 Å². The van der Waals surface area contributed by atoms with E-state index in [1.165, 1.54) is 24.1 Å². The van der Waals surface area contributed by atoms with Gasteiger partial charge in [0.05, 0.1) is 7.11 Å². The van der Waals surface area contributed by atoms with Crippen molar-refractivity contribution in [2.24, 2.45) is 0 Å². The summed E-state index contributed by atoms with van der Waals surface area (Å²) in [6.07, 6.45) is 0. The molecule has 6 heteroatoms. The molecule has 0 unspecified atom stereocenters. The van der Waals surface area contributed by atoms with E-state index in [1.54, 1.807) is 20.2 Å². The number of rotatable bonds is 5. The normalized spacial score (nSPS) is 9.72. The standard InChI is InChI=1S/C12H15NO5/c1-13(2)12(16)8-4-5-9(10(6-8)17-3)18-7-11(14)15/h4-6H,7H2,1-3H3,(H,14,15). The van der Waals surface area contributed by atoms with Crippen LogP contribution in [0.3, 0.4) is 0 Å². The van der Waals surface area contributed by atoms with Gasteiger partial charge in [0.1, 0.15) is 0 Å². The molecule has 0 saturated carbocycles. The van der Waals surface area contributed by atoms with Crippen LogP contribution in [0.2, 0.25) is 0 Å². The Morgan fingerprint density at radius 1 is 1.28 bits per heavy atom. The largest absolute Gasteiger partial charge is 0.493 e. The Balaban J connectivity index is 2.96. The fourth-order valence-corrected chi connectivity index (χ4v) is 1.32. The summed E-state index contributed by atoms with van der Waals surface area (Å²) < 4.78 is 10.1. The van der Waals surface area contributed by atoms with Crippen LogP contribution in [0.5, 0.6) is 11.5 Å². The van der Waals surface area contributed by atoms with E-state index in [1.807, 2.05) is 0 Å². The van der Waals surface area contributed by atoms with Crippen LogP contribution < -0.4 is 9.47 Å². The first-order chi connectivity index (χ1) is 8.45. The van der Waals surface area contributed by atoms with Crippen LogP contribution in [-0.2, 0) is 4.79 Å². The molecule has 0 heterocycles. The van der Waals surface area contributed by atoms with Crippen molar-refractivity contribution in [2.45, 2.75) is 0 Å². The molecule has 6 nitrogen and oxygen atoms in total. The number of carbonyl (C=O) groups excluding carboxylic acids is 1. The number of hydrogen-bond acceptors (Lipinski definition) is 4.